The number of hydrogen-bond donors (Lipinski definition) is 0. The van der Waals surface area contributed by atoms with Gasteiger partial charge >= 0.3 is 0 Å². The summed E-state index contributed by atoms with van der Waals surface area (Å²) in [5, 5.41) is 0. The highest BCUT2D eigenvalue weighted by molar-refractivity contribution is 5.51. The van der Waals surface area contributed by atoms with Crippen LogP contribution >= 0.6 is 0 Å². The Morgan fingerprint density at radius 3 is 1.71 bits per heavy atom. The Morgan fingerprint density at radius 1 is 0.929 bits per heavy atom. The van der Waals surface area contributed by atoms with Gasteiger partial charge < -0.3 is 4.90 Å². The number of aryl methyl sites for hydroxylation is 2. The van der Waals surface area contributed by atoms with E-state index in [4.69, 9.17) is 0 Å². The third kappa shape index (κ3) is 2.50. The summed E-state index contributed by atoms with van der Waals surface area (Å²) >= 11 is 0. The predicted molar refractivity (Wildman–Crippen MR) is 64.1 cm³/mol. The van der Waals surface area contributed by atoms with Crippen molar-refractivity contribution in [3.63, 3.8) is 0 Å². The van der Waals surface area contributed by atoms with Crippen LogP contribution in [0, 0.1) is 13.8 Å². The van der Waals surface area contributed by atoms with Crippen molar-refractivity contribution in [1.29, 1.82) is 0 Å². The standard InChI is InChI=1S/C13H21N/c1-10-7-11(2)9-12(8-10)14(6)13(3,4)5/h7-9H,1-6H3. The maximum Gasteiger partial charge on any atom is 0.0373 e. The van der Waals surface area contributed by atoms with Crippen molar-refractivity contribution in [2.45, 2.75) is 40.2 Å². The van der Waals surface area contributed by atoms with Crippen molar-refractivity contribution < 1.29 is 0 Å². The maximum atomic E-state index is 2.31. The smallest absolute Gasteiger partial charge is 0.0373 e. The molecule has 1 aromatic carbocycles. The molecular formula is C13H21N. The van der Waals surface area contributed by atoms with E-state index in [1.54, 1.807) is 0 Å². The highest BCUT2D eigenvalue weighted by Crippen LogP contribution is 2.23. The fourth-order valence-corrected chi connectivity index (χ4v) is 1.53. The summed E-state index contributed by atoms with van der Waals surface area (Å²) in [5.74, 6) is 0. The third-order valence-electron chi connectivity index (χ3n) is 2.60. The van der Waals surface area contributed by atoms with E-state index in [1.165, 1.54) is 16.8 Å². The van der Waals surface area contributed by atoms with Crippen molar-refractivity contribution in [1.82, 2.24) is 0 Å². The minimum atomic E-state index is 0.181. The van der Waals surface area contributed by atoms with Gasteiger partial charge in [-0.1, -0.05) is 6.07 Å². The molecule has 1 rings (SSSR count). The van der Waals surface area contributed by atoms with Gasteiger partial charge in [-0.25, -0.2) is 0 Å². The van der Waals surface area contributed by atoms with Crippen molar-refractivity contribution in [2.24, 2.45) is 0 Å². The Kier molecular flexibility index (Phi) is 2.89. The van der Waals surface area contributed by atoms with Crippen LogP contribution < -0.4 is 4.90 Å². The van der Waals surface area contributed by atoms with E-state index in [9.17, 15) is 0 Å². The second-order valence-corrected chi connectivity index (χ2v) is 5.08. The highest BCUT2D eigenvalue weighted by Gasteiger charge is 2.17. The SMILES string of the molecule is Cc1cc(C)cc(N(C)C(C)(C)C)c1. The Morgan fingerprint density at radius 2 is 1.36 bits per heavy atom. The second-order valence-electron chi connectivity index (χ2n) is 5.08. The lowest BCUT2D eigenvalue weighted by atomic mass is 10.0. The summed E-state index contributed by atoms with van der Waals surface area (Å²) < 4.78 is 0. The van der Waals surface area contributed by atoms with Crippen molar-refractivity contribution >= 4 is 5.69 Å². The van der Waals surface area contributed by atoms with Crippen LogP contribution in [0.25, 0.3) is 0 Å². The van der Waals surface area contributed by atoms with E-state index in [0.717, 1.165) is 0 Å². The minimum absolute atomic E-state index is 0.181. The molecule has 1 heteroatoms. The first-order valence-corrected chi connectivity index (χ1v) is 5.13. The summed E-state index contributed by atoms with van der Waals surface area (Å²) in [5.41, 5.74) is 4.14. The molecule has 0 aromatic heterocycles. The van der Waals surface area contributed by atoms with Gasteiger partial charge in [-0.15, -0.1) is 0 Å². The van der Waals surface area contributed by atoms with E-state index in [2.05, 4.69) is 64.8 Å². The maximum absolute atomic E-state index is 2.31. The fraction of sp³-hybridized carbons (Fsp3) is 0.538. The first-order chi connectivity index (χ1) is 6.30. The van der Waals surface area contributed by atoms with Crippen LogP contribution in [0.15, 0.2) is 18.2 Å². The van der Waals surface area contributed by atoms with Crippen molar-refractivity contribution in [2.75, 3.05) is 11.9 Å². The summed E-state index contributed by atoms with van der Waals surface area (Å²) in [4.78, 5) is 2.31. The quantitative estimate of drug-likeness (QED) is 0.656. The molecule has 0 atom stereocenters. The summed E-state index contributed by atoms with van der Waals surface area (Å²) in [7, 11) is 2.15. The molecule has 0 saturated heterocycles. The third-order valence-corrected chi connectivity index (χ3v) is 2.60. The van der Waals surface area contributed by atoms with Gasteiger partial charge in [-0.2, -0.15) is 0 Å². The lowest BCUT2D eigenvalue weighted by Gasteiger charge is -2.34. The first kappa shape index (κ1) is 11.1. The molecule has 0 amide bonds. The first-order valence-electron chi connectivity index (χ1n) is 5.13. The van der Waals surface area contributed by atoms with Gasteiger partial charge in [0.05, 0.1) is 0 Å². The molecule has 78 valence electrons. The normalized spacial score (nSPS) is 11.6. The molecule has 0 fully saturated rings. The van der Waals surface area contributed by atoms with Gasteiger partial charge in [0.2, 0.25) is 0 Å². The zero-order valence-corrected chi connectivity index (χ0v) is 10.2. The van der Waals surface area contributed by atoms with Gasteiger partial charge in [-0.05, 0) is 57.9 Å². The molecular weight excluding hydrogens is 170 g/mol. The topological polar surface area (TPSA) is 3.24 Å². The van der Waals surface area contributed by atoms with E-state index in [1.807, 2.05) is 0 Å². The van der Waals surface area contributed by atoms with Crippen LogP contribution in [0.5, 0.6) is 0 Å². The number of anilines is 1. The molecule has 0 N–H and O–H groups in total. The second kappa shape index (κ2) is 3.64. The average Bonchev–Trinajstić information content (AvgIpc) is 1.99. The van der Waals surface area contributed by atoms with E-state index >= 15 is 0 Å². The zero-order chi connectivity index (χ0) is 10.9. The van der Waals surface area contributed by atoms with Gasteiger partial charge in [-0.3, -0.25) is 0 Å². The summed E-state index contributed by atoms with van der Waals surface area (Å²) in [6.07, 6.45) is 0. The van der Waals surface area contributed by atoms with Gasteiger partial charge in [0, 0.05) is 18.3 Å². The fourth-order valence-electron chi connectivity index (χ4n) is 1.53. The molecule has 0 aliphatic carbocycles. The molecule has 14 heavy (non-hydrogen) atoms. The van der Waals surface area contributed by atoms with Crippen LogP contribution in [0.2, 0.25) is 0 Å². The Balaban J connectivity index is 3.07. The Labute approximate surface area is 87.7 Å². The van der Waals surface area contributed by atoms with Crippen LogP contribution in [0.1, 0.15) is 31.9 Å². The van der Waals surface area contributed by atoms with Crippen LogP contribution in [-0.4, -0.2) is 12.6 Å². The molecule has 0 radical (unpaired) electrons. The van der Waals surface area contributed by atoms with Crippen molar-refractivity contribution in [3.8, 4) is 0 Å². The Bertz CT molecular complexity index is 300. The predicted octanol–water partition coefficient (Wildman–Crippen LogP) is 3.54. The number of nitrogens with zero attached hydrogens (tertiary/aromatic N) is 1. The molecule has 0 heterocycles. The van der Waals surface area contributed by atoms with Gasteiger partial charge in [0.15, 0.2) is 0 Å². The van der Waals surface area contributed by atoms with Crippen LogP contribution in [0.4, 0.5) is 5.69 Å². The van der Waals surface area contributed by atoms with Crippen LogP contribution in [0.3, 0.4) is 0 Å². The molecule has 0 bridgehead atoms. The molecule has 0 aliphatic heterocycles. The van der Waals surface area contributed by atoms with Crippen LogP contribution in [-0.2, 0) is 0 Å². The molecule has 0 unspecified atom stereocenters. The molecule has 0 saturated carbocycles. The number of hydrogen-bond acceptors (Lipinski definition) is 1. The zero-order valence-electron chi connectivity index (χ0n) is 10.2. The largest absolute Gasteiger partial charge is 0.370 e. The van der Waals surface area contributed by atoms with Gasteiger partial charge in [0.1, 0.15) is 0 Å². The van der Waals surface area contributed by atoms with E-state index in [0.29, 0.717) is 0 Å². The monoisotopic (exact) mass is 191 g/mol. The summed E-state index contributed by atoms with van der Waals surface area (Å²) in [6.45, 7) is 11.0. The lowest BCUT2D eigenvalue weighted by molar-refractivity contribution is 0.538. The van der Waals surface area contributed by atoms with Crippen molar-refractivity contribution in [3.05, 3.63) is 29.3 Å². The van der Waals surface area contributed by atoms with Gasteiger partial charge in [0.25, 0.3) is 0 Å². The Hall–Kier alpha value is -0.980. The highest BCUT2D eigenvalue weighted by atomic mass is 15.2. The van der Waals surface area contributed by atoms with E-state index in [-0.39, 0.29) is 5.54 Å². The number of benzene rings is 1. The summed E-state index contributed by atoms with van der Waals surface area (Å²) in [6, 6.07) is 6.68. The number of rotatable bonds is 1. The lowest BCUT2D eigenvalue weighted by Crippen LogP contribution is -2.38. The molecule has 0 spiro atoms. The minimum Gasteiger partial charge on any atom is -0.370 e. The average molecular weight is 191 g/mol. The van der Waals surface area contributed by atoms with E-state index < -0.39 is 0 Å². The molecule has 0 aliphatic rings. The molecule has 1 nitrogen and oxygen atoms in total. The molecule has 1 aromatic rings.